The second-order valence-electron chi connectivity index (χ2n) is 4.62. The van der Waals surface area contributed by atoms with Gasteiger partial charge in [0.15, 0.2) is 0 Å². The van der Waals surface area contributed by atoms with Crippen LogP contribution in [0.5, 0.6) is 0 Å². The van der Waals surface area contributed by atoms with Crippen molar-refractivity contribution in [1.29, 1.82) is 0 Å². The van der Waals surface area contributed by atoms with Gasteiger partial charge in [0, 0.05) is 36.4 Å². The maximum absolute atomic E-state index is 4.33. The lowest BCUT2D eigenvalue weighted by Gasteiger charge is -2.09. The van der Waals surface area contributed by atoms with Gasteiger partial charge in [-0.25, -0.2) is 9.97 Å². The predicted molar refractivity (Wildman–Crippen MR) is 71.3 cm³/mol. The van der Waals surface area contributed by atoms with Crippen molar-refractivity contribution >= 4 is 5.95 Å². The highest BCUT2D eigenvalue weighted by Crippen LogP contribution is 2.15. The van der Waals surface area contributed by atoms with Gasteiger partial charge < -0.3 is 15.6 Å². The van der Waals surface area contributed by atoms with E-state index in [0.717, 1.165) is 30.9 Å². The van der Waals surface area contributed by atoms with E-state index in [2.05, 4.69) is 25.6 Å². The van der Waals surface area contributed by atoms with Crippen LogP contribution < -0.4 is 10.6 Å². The molecular weight excluding hydrogens is 226 g/mol. The Kier molecular flexibility index (Phi) is 3.23. The van der Waals surface area contributed by atoms with Crippen molar-refractivity contribution in [2.45, 2.75) is 6.42 Å². The van der Waals surface area contributed by atoms with Crippen LogP contribution in [-0.4, -0.2) is 34.6 Å². The van der Waals surface area contributed by atoms with Crippen LogP contribution in [0.25, 0.3) is 11.3 Å². The van der Waals surface area contributed by atoms with E-state index in [-0.39, 0.29) is 0 Å². The zero-order chi connectivity index (χ0) is 12.2. The maximum atomic E-state index is 4.33. The Morgan fingerprint density at radius 3 is 2.89 bits per heavy atom. The highest BCUT2D eigenvalue weighted by molar-refractivity contribution is 5.57. The lowest BCUT2D eigenvalue weighted by atomic mass is 10.1. The first-order valence-corrected chi connectivity index (χ1v) is 6.32. The molecule has 0 aromatic carbocycles. The SMILES string of the molecule is c1c[nH]c(-c2cnc(NCC3CCNC3)nc2)c1. The molecule has 1 fully saturated rings. The van der Waals surface area contributed by atoms with Crippen molar-refractivity contribution in [3.8, 4) is 11.3 Å². The summed E-state index contributed by atoms with van der Waals surface area (Å²) in [6, 6.07) is 3.98. The summed E-state index contributed by atoms with van der Waals surface area (Å²) in [6.45, 7) is 3.15. The molecule has 0 radical (unpaired) electrons. The van der Waals surface area contributed by atoms with Gasteiger partial charge in [-0.3, -0.25) is 0 Å². The minimum Gasteiger partial charge on any atom is -0.361 e. The quantitative estimate of drug-likeness (QED) is 0.761. The summed E-state index contributed by atoms with van der Waals surface area (Å²) >= 11 is 0. The van der Waals surface area contributed by atoms with Gasteiger partial charge >= 0.3 is 0 Å². The van der Waals surface area contributed by atoms with E-state index in [1.807, 2.05) is 30.7 Å². The van der Waals surface area contributed by atoms with Gasteiger partial charge in [-0.1, -0.05) is 0 Å². The summed E-state index contributed by atoms with van der Waals surface area (Å²) in [7, 11) is 0. The number of nitrogens with one attached hydrogen (secondary N) is 3. The summed E-state index contributed by atoms with van der Waals surface area (Å²) in [5.41, 5.74) is 2.05. The molecule has 0 aliphatic carbocycles. The number of aromatic nitrogens is 3. The zero-order valence-electron chi connectivity index (χ0n) is 10.2. The first kappa shape index (κ1) is 11.2. The molecule has 1 aliphatic rings. The van der Waals surface area contributed by atoms with Gasteiger partial charge in [-0.15, -0.1) is 0 Å². The molecule has 1 saturated heterocycles. The van der Waals surface area contributed by atoms with Crippen molar-refractivity contribution in [2.75, 3.05) is 25.0 Å². The molecule has 3 heterocycles. The lowest BCUT2D eigenvalue weighted by molar-refractivity contribution is 0.613. The van der Waals surface area contributed by atoms with Crippen LogP contribution in [-0.2, 0) is 0 Å². The predicted octanol–water partition coefficient (Wildman–Crippen LogP) is 1.49. The summed E-state index contributed by atoms with van der Waals surface area (Å²) in [5.74, 6) is 1.40. The van der Waals surface area contributed by atoms with Gasteiger partial charge in [-0.2, -0.15) is 0 Å². The highest BCUT2D eigenvalue weighted by atomic mass is 15.1. The topological polar surface area (TPSA) is 65.6 Å². The molecule has 1 atom stereocenters. The fraction of sp³-hybridized carbons (Fsp3) is 0.385. The Bertz CT molecular complexity index is 471. The Hall–Kier alpha value is -1.88. The average Bonchev–Trinajstić information content (AvgIpc) is 3.10. The van der Waals surface area contributed by atoms with E-state index in [1.165, 1.54) is 6.42 Å². The number of hydrogen-bond donors (Lipinski definition) is 3. The van der Waals surface area contributed by atoms with Gasteiger partial charge in [0.1, 0.15) is 0 Å². The monoisotopic (exact) mass is 243 g/mol. The van der Waals surface area contributed by atoms with Crippen LogP contribution in [0.1, 0.15) is 6.42 Å². The molecule has 1 aliphatic heterocycles. The number of H-pyrrole nitrogens is 1. The lowest BCUT2D eigenvalue weighted by Crippen LogP contribution is -2.18. The second-order valence-corrected chi connectivity index (χ2v) is 4.62. The van der Waals surface area contributed by atoms with Gasteiger partial charge in [0.25, 0.3) is 0 Å². The molecular formula is C13H17N5. The van der Waals surface area contributed by atoms with E-state index in [1.54, 1.807) is 0 Å². The largest absolute Gasteiger partial charge is 0.361 e. The molecule has 5 nitrogen and oxygen atoms in total. The molecule has 3 N–H and O–H groups in total. The van der Waals surface area contributed by atoms with E-state index in [9.17, 15) is 0 Å². The fourth-order valence-electron chi connectivity index (χ4n) is 2.19. The molecule has 0 saturated carbocycles. The average molecular weight is 243 g/mol. The molecule has 0 spiro atoms. The van der Waals surface area contributed by atoms with Crippen molar-refractivity contribution in [3.05, 3.63) is 30.7 Å². The number of aromatic amines is 1. The molecule has 3 rings (SSSR count). The molecule has 2 aromatic rings. The van der Waals surface area contributed by atoms with Gasteiger partial charge in [-0.05, 0) is 37.6 Å². The number of hydrogen-bond acceptors (Lipinski definition) is 4. The summed E-state index contributed by atoms with van der Waals surface area (Å²) in [4.78, 5) is 11.8. The first-order valence-electron chi connectivity index (χ1n) is 6.32. The van der Waals surface area contributed by atoms with E-state index < -0.39 is 0 Å². The van der Waals surface area contributed by atoms with Crippen molar-refractivity contribution in [2.24, 2.45) is 5.92 Å². The van der Waals surface area contributed by atoms with Crippen LogP contribution in [0.2, 0.25) is 0 Å². The number of nitrogens with zero attached hydrogens (tertiary/aromatic N) is 2. The number of anilines is 1. The third-order valence-corrected chi connectivity index (χ3v) is 3.27. The van der Waals surface area contributed by atoms with E-state index in [4.69, 9.17) is 0 Å². The Balaban J connectivity index is 1.60. The molecule has 1 unspecified atom stereocenters. The van der Waals surface area contributed by atoms with E-state index >= 15 is 0 Å². The molecule has 94 valence electrons. The minimum absolute atomic E-state index is 0.691. The molecule has 18 heavy (non-hydrogen) atoms. The van der Waals surface area contributed by atoms with Crippen LogP contribution in [0.15, 0.2) is 30.7 Å². The maximum Gasteiger partial charge on any atom is 0.222 e. The van der Waals surface area contributed by atoms with Crippen molar-refractivity contribution in [3.63, 3.8) is 0 Å². The smallest absolute Gasteiger partial charge is 0.222 e. The molecule has 5 heteroatoms. The fourth-order valence-corrected chi connectivity index (χ4v) is 2.19. The molecule has 0 bridgehead atoms. The van der Waals surface area contributed by atoms with Crippen LogP contribution in [0, 0.1) is 5.92 Å². The van der Waals surface area contributed by atoms with Crippen LogP contribution >= 0.6 is 0 Å². The second kappa shape index (κ2) is 5.18. The first-order chi connectivity index (χ1) is 8.92. The third-order valence-electron chi connectivity index (χ3n) is 3.27. The Labute approximate surface area is 106 Å². The van der Waals surface area contributed by atoms with Gasteiger partial charge in [0.2, 0.25) is 5.95 Å². The molecule has 0 amide bonds. The molecule has 2 aromatic heterocycles. The van der Waals surface area contributed by atoms with Crippen molar-refractivity contribution < 1.29 is 0 Å². The minimum atomic E-state index is 0.691. The zero-order valence-corrected chi connectivity index (χ0v) is 10.2. The van der Waals surface area contributed by atoms with Crippen molar-refractivity contribution in [1.82, 2.24) is 20.3 Å². The number of rotatable bonds is 4. The van der Waals surface area contributed by atoms with Gasteiger partial charge in [0.05, 0.1) is 0 Å². The van der Waals surface area contributed by atoms with Crippen LogP contribution in [0.4, 0.5) is 5.95 Å². The summed E-state index contributed by atoms with van der Waals surface area (Å²) < 4.78 is 0. The van der Waals surface area contributed by atoms with Crippen LogP contribution in [0.3, 0.4) is 0 Å². The van der Waals surface area contributed by atoms with E-state index in [0.29, 0.717) is 11.9 Å². The standard InChI is InChI=1S/C13H17N5/c1-2-12(15-4-1)11-8-17-13(18-9-11)16-7-10-3-5-14-6-10/h1-2,4,8-10,14-15H,3,5-7H2,(H,16,17,18). The third kappa shape index (κ3) is 2.51. The summed E-state index contributed by atoms with van der Waals surface area (Å²) in [6.07, 6.45) is 6.81. The summed E-state index contributed by atoms with van der Waals surface area (Å²) in [5, 5.41) is 6.64. The normalized spacial score (nSPS) is 19.0. The Morgan fingerprint density at radius 1 is 1.33 bits per heavy atom. The Morgan fingerprint density at radius 2 is 2.22 bits per heavy atom. The highest BCUT2D eigenvalue weighted by Gasteiger charge is 2.14.